The summed E-state index contributed by atoms with van der Waals surface area (Å²) in [5.41, 5.74) is 6.30. The maximum atomic E-state index is 14.0. The third-order valence-corrected chi connectivity index (χ3v) is 3.83. The molecule has 1 atom stereocenters. The van der Waals surface area contributed by atoms with Crippen LogP contribution in [0.25, 0.3) is 0 Å². The fraction of sp³-hybridized carbons (Fsp3) is 0.250. The van der Waals surface area contributed by atoms with Gasteiger partial charge < -0.3 is 10.5 Å². The summed E-state index contributed by atoms with van der Waals surface area (Å²) >= 11 is 3.08. The van der Waals surface area contributed by atoms with Crippen LogP contribution in [0.15, 0.2) is 40.9 Å². The van der Waals surface area contributed by atoms with Crippen LogP contribution in [-0.2, 0) is 6.42 Å². The zero-order valence-electron chi connectivity index (χ0n) is 11.6. The van der Waals surface area contributed by atoms with Crippen molar-refractivity contribution in [1.82, 2.24) is 0 Å². The third kappa shape index (κ3) is 4.02. The molecule has 2 aromatic rings. The molecule has 0 spiro atoms. The first kappa shape index (κ1) is 15.9. The monoisotopic (exact) mass is 355 g/mol. The van der Waals surface area contributed by atoms with Gasteiger partial charge >= 0.3 is 0 Å². The molecule has 0 aromatic heterocycles. The van der Waals surface area contributed by atoms with Crippen molar-refractivity contribution >= 4 is 15.9 Å². The Bertz CT molecular complexity index is 634. The summed E-state index contributed by atoms with van der Waals surface area (Å²) in [6, 6.07) is 8.83. The van der Waals surface area contributed by atoms with Gasteiger partial charge in [-0.2, -0.15) is 0 Å². The smallest absolute Gasteiger partial charge is 0.141 e. The third-order valence-electron chi connectivity index (χ3n) is 3.19. The average Bonchev–Trinajstić information content (AvgIpc) is 2.46. The van der Waals surface area contributed by atoms with Gasteiger partial charge in [0.05, 0.1) is 4.47 Å². The standard InChI is InChI=1S/C16H16BrF2NO/c1-2-10(20)8-12-14(18)4-3-5-16(12)21-11-6-7-13(17)15(19)9-11/h3-7,9-10H,2,8,20H2,1H3. The van der Waals surface area contributed by atoms with Crippen molar-refractivity contribution in [3.8, 4) is 11.5 Å². The Morgan fingerprint density at radius 3 is 2.62 bits per heavy atom. The lowest BCUT2D eigenvalue weighted by atomic mass is 10.0. The minimum atomic E-state index is -0.435. The molecule has 0 heterocycles. The summed E-state index contributed by atoms with van der Waals surface area (Å²) in [6.07, 6.45) is 1.11. The minimum Gasteiger partial charge on any atom is -0.457 e. The Kier molecular flexibility index (Phi) is 5.31. The first-order chi connectivity index (χ1) is 10.0. The van der Waals surface area contributed by atoms with Gasteiger partial charge in [0.25, 0.3) is 0 Å². The number of hydrogen-bond donors (Lipinski definition) is 1. The van der Waals surface area contributed by atoms with Gasteiger partial charge in [-0.1, -0.05) is 13.0 Å². The largest absolute Gasteiger partial charge is 0.457 e. The van der Waals surface area contributed by atoms with Crippen molar-refractivity contribution < 1.29 is 13.5 Å². The highest BCUT2D eigenvalue weighted by Gasteiger charge is 2.14. The van der Waals surface area contributed by atoms with Crippen LogP contribution in [0.4, 0.5) is 8.78 Å². The molecule has 0 aliphatic rings. The molecule has 0 saturated heterocycles. The second-order valence-electron chi connectivity index (χ2n) is 4.77. The zero-order valence-corrected chi connectivity index (χ0v) is 13.2. The summed E-state index contributed by atoms with van der Waals surface area (Å²) in [6.45, 7) is 1.94. The van der Waals surface area contributed by atoms with Crippen molar-refractivity contribution in [2.75, 3.05) is 0 Å². The SMILES string of the molecule is CCC(N)Cc1c(F)cccc1Oc1ccc(Br)c(F)c1. The highest BCUT2D eigenvalue weighted by atomic mass is 79.9. The molecule has 21 heavy (non-hydrogen) atoms. The maximum absolute atomic E-state index is 14.0. The van der Waals surface area contributed by atoms with Gasteiger partial charge in [0, 0.05) is 17.7 Å². The summed E-state index contributed by atoms with van der Waals surface area (Å²) < 4.78 is 33.4. The van der Waals surface area contributed by atoms with E-state index in [1.165, 1.54) is 12.1 Å². The predicted molar refractivity (Wildman–Crippen MR) is 82.5 cm³/mol. The molecule has 2 rings (SSSR count). The second kappa shape index (κ2) is 7.00. The van der Waals surface area contributed by atoms with Gasteiger partial charge in [0.1, 0.15) is 23.1 Å². The van der Waals surface area contributed by atoms with Crippen molar-refractivity contribution in [1.29, 1.82) is 0 Å². The van der Waals surface area contributed by atoms with E-state index in [1.54, 1.807) is 24.3 Å². The Balaban J connectivity index is 2.30. The van der Waals surface area contributed by atoms with E-state index in [2.05, 4.69) is 15.9 Å². The lowest BCUT2D eigenvalue weighted by Crippen LogP contribution is -2.22. The van der Waals surface area contributed by atoms with E-state index >= 15 is 0 Å². The molecule has 2 N–H and O–H groups in total. The normalized spacial score (nSPS) is 12.2. The fourth-order valence-corrected chi connectivity index (χ4v) is 2.15. The van der Waals surface area contributed by atoms with E-state index in [0.717, 1.165) is 6.42 Å². The first-order valence-corrected chi connectivity index (χ1v) is 7.46. The number of benzene rings is 2. The Morgan fingerprint density at radius 2 is 1.95 bits per heavy atom. The molecule has 0 fully saturated rings. The highest BCUT2D eigenvalue weighted by Crippen LogP contribution is 2.30. The Labute approximate surface area is 131 Å². The van der Waals surface area contributed by atoms with Gasteiger partial charge in [0.15, 0.2) is 0 Å². The lowest BCUT2D eigenvalue weighted by molar-refractivity contribution is 0.456. The first-order valence-electron chi connectivity index (χ1n) is 6.67. The molecule has 2 nitrogen and oxygen atoms in total. The summed E-state index contributed by atoms with van der Waals surface area (Å²) in [4.78, 5) is 0. The van der Waals surface area contributed by atoms with Crippen LogP contribution in [0.5, 0.6) is 11.5 Å². The fourth-order valence-electron chi connectivity index (χ4n) is 1.91. The van der Waals surface area contributed by atoms with Gasteiger partial charge in [-0.15, -0.1) is 0 Å². The topological polar surface area (TPSA) is 35.2 Å². The molecule has 1 unspecified atom stereocenters. The number of ether oxygens (including phenoxy) is 1. The van der Waals surface area contributed by atoms with E-state index < -0.39 is 5.82 Å². The van der Waals surface area contributed by atoms with E-state index in [-0.39, 0.29) is 11.9 Å². The summed E-state index contributed by atoms with van der Waals surface area (Å²) in [7, 11) is 0. The van der Waals surface area contributed by atoms with E-state index in [1.807, 2.05) is 6.92 Å². The molecule has 0 aliphatic carbocycles. The molecule has 0 aliphatic heterocycles. The molecular weight excluding hydrogens is 340 g/mol. The molecule has 2 aromatic carbocycles. The van der Waals surface area contributed by atoms with Crippen LogP contribution in [0.1, 0.15) is 18.9 Å². The van der Waals surface area contributed by atoms with Crippen molar-refractivity contribution in [3.63, 3.8) is 0 Å². The number of rotatable bonds is 5. The van der Waals surface area contributed by atoms with Crippen molar-refractivity contribution in [2.24, 2.45) is 5.73 Å². The zero-order chi connectivity index (χ0) is 15.4. The number of hydrogen-bond acceptors (Lipinski definition) is 2. The lowest BCUT2D eigenvalue weighted by Gasteiger charge is -2.15. The van der Waals surface area contributed by atoms with E-state index in [9.17, 15) is 8.78 Å². The molecule has 112 valence electrons. The van der Waals surface area contributed by atoms with Crippen LogP contribution < -0.4 is 10.5 Å². The number of nitrogens with two attached hydrogens (primary N) is 1. The van der Waals surface area contributed by atoms with Gasteiger partial charge in [-0.3, -0.25) is 0 Å². The molecular formula is C16H16BrF2NO. The molecule has 0 amide bonds. The molecule has 5 heteroatoms. The van der Waals surface area contributed by atoms with Crippen LogP contribution in [0.2, 0.25) is 0 Å². The van der Waals surface area contributed by atoms with Gasteiger partial charge in [-0.25, -0.2) is 8.78 Å². The van der Waals surface area contributed by atoms with Crippen LogP contribution in [0, 0.1) is 11.6 Å². The Hall–Kier alpha value is -1.46. The van der Waals surface area contributed by atoms with Crippen molar-refractivity contribution in [2.45, 2.75) is 25.8 Å². The molecule has 0 bridgehead atoms. The second-order valence-corrected chi connectivity index (χ2v) is 5.62. The van der Waals surface area contributed by atoms with Crippen LogP contribution in [0.3, 0.4) is 0 Å². The summed E-state index contributed by atoms with van der Waals surface area (Å²) in [5.74, 6) is -0.127. The number of halogens is 3. The predicted octanol–water partition coefficient (Wildman–Crippen LogP) is 4.80. The minimum absolute atomic E-state index is 0.147. The highest BCUT2D eigenvalue weighted by molar-refractivity contribution is 9.10. The van der Waals surface area contributed by atoms with E-state index in [4.69, 9.17) is 10.5 Å². The molecule has 0 saturated carbocycles. The molecule has 0 radical (unpaired) electrons. The van der Waals surface area contributed by atoms with Crippen LogP contribution >= 0.6 is 15.9 Å². The summed E-state index contributed by atoms with van der Waals surface area (Å²) in [5, 5.41) is 0. The van der Waals surface area contributed by atoms with Crippen LogP contribution in [-0.4, -0.2) is 6.04 Å². The van der Waals surface area contributed by atoms with E-state index in [0.29, 0.717) is 28.0 Å². The van der Waals surface area contributed by atoms with Gasteiger partial charge in [-0.05, 0) is 53.0 Å². The van der Waals surface area contributed by atoms with Gasteiger partial charge in [0.2, 0.25) is 0 Å². The Morgan fingerprint density at radius 1 is 1.19 bits per heavy atom. The maximum Gasteiger partial charge on any atom is 0.141 e. The quantitative estimate of drug-likeness (QED) is 0.835. The average molecular weight is 356 g/mol. The van der Waals surface area contributed by atoms with Crippen molar-refractivity contribution in [3.05, 3.63) is 58.1 Å².